The van der Waals surface area contributed by atoms with E-state index in [0.29, 0.717) is 0 Å². The zero-order valence-corrected chi connectivity index (χ0v) is 11.8. The number of rotatable bonds is 3. The normalized spacial score (nSPS) is 17.7. The summed E-state index contributed by atoms with van der Waals surface area (Å²) in [5, 5.41) is 3.03. The van der Waals surface area contributed by atoms with E-state index in [-0.39, 0.29) is 11.8 Å². The van der Waals surface area contributed by atoms with Crippen molar-refractivity contribution in [3.8, 4) is 0 Å². The highest BCUT2D eigenvalue weighted by Gasteiger charge is 2.23. The number of carbonyl (C=O) groups excluding carboxylic acids is 1. The van der Waals surface area contributed by atoms with Gasteiger partial charge in [0, 0.05) is 16.5 Å². The summed E-state index contributed by atoms with van der Waals surface area (Å²) in [6.45, 7) is 2.03. The molecule has 0 unspecified atom stereocenters. The van der Waals surface area contributed by atoms with Crippen molar-refractivity contribution in [2.75, 3.05) is 31.7 Å². The largest absolute Gasteiger partial charge is 0.326 e. The van der Waals surface area contributed by atoms with Crippen molar-refractivity contribution in [3.63, 3.8) is 0 Å². The van der Waals surface area contributed by atoms with Crippen LogP contribution in [0.5, 0.6) is 0 Å². The first-order chi connectivity index (χ1) is 8.69. The van der Waals surface area contributed by atoms with Crippen LogP contribution in [0.2, 0.25) is 0 Å². The predicted octanol–water partition coefficient (Wildman–Crippen LogP) is 2.69. The molecule has 0 aromatic heterocycles. The molecule has 3 nitrogen and oxygen atoms in total. The first kappa shape index (κ1) is 13.4. The standard InChI is InChI=1S/C14H20N2OS/c1-16-8-6-11(7-9-16)14(17)15-12-4-3-5-13(10-12)18-2/h3-5,10-11H,6-9H2,1-2H3,(H,15,17). The third-order valence-corrected chi connectivity index (χ3v) is 4.15. The molecule has 98 valence electrons. The molecule has 0 spiro atoms. The van der Waals surface area contributed by atoms with Gasteiger partial charge in [-0.3, -0.25) is 4.79 Å². The Hall–Kier alpha value is -1.00. The summed E-state index contributed by atoms with van der Waals surface area (Å²) in [5.74, 6) is 0.334. The monoisotopic (exact) mass is 264 g/mol. The zero-order chi connectivity index (χ0) is 13.0. The molecule has 0 saturated carbocycles. The van der Waals surface area contributed by atoms with E-state index >= 15 is 0 Å². The van der Waals surface area contributed by atoms with Crippen molar-refractivity contribution in [2.45, 2.75) is 17.7 Å². The minimum absolute atomic E-state index is 0.166. The van der Waals surface area contributed by atoms with Gasteiger partial charge < -0.3 is 10.2 Å². The van der Waals surface area contributed by atoms with Gasteiger partial charge in [0.2, 0.25) is 5.91 Å². The van der Waals surface area contributed by atoms with Crippen LogP contribution in [0.25, 0.3) is 0 Å². The van der Waals surface area contributed by atoms with Crippen LogP contribution in [0, 0.1) is 5.92 Å². The fraction of sp³-hybridized carbons (Fsp3) is 0.500. The maximum Gasteiger partial charge on any atom is 0.227 e. The van der Waals surface area contributed by atoms with Crippen LogP contribution < -0.4 is 5.32 Å². The summed E-state index contributed by atoms with van der Waals surface area (Å²) in [7, 11) is 2.11. The SMILES string of the molecule is CSc1cccc(NC(=O)C2CCN(C)CC2)c1. The molecule has 1 heterocycles. The van der Waals surface area contributed by atoms with Crippen molar-refractivity contribution in [1.82, 2.24) is 4.90 Å². The third-order valence-electron chi connectivity index (χ3n) is 3.43. The van der Waals surface area contributed by atoms with Crippen molar-refractivity contribution in [2.24, 2.45) is 5.92 Å². The molecule has 0 aliphatic carbocycles. The van der Waals surface area contributed by atoms with E-state index in [1.807, 2.05) is 24.5 Å². The van der Waals surface area contributed by atoms with E-state index < -0.39 is 0 Å². The second kappa shape index (κ2) is 6.25. The minimum Gasteiger partial charge on any atom is -0.326 e. The number of piperidine rings is 1. The smallest absolute Gasteiger partial charge is 0.227 e. The molecule has 1 aliphatic rings. The predicted molar refractivity (Wildman–Crippen MR) is 77.1 cm³/mol. The van der Waals surface area contributed by atoms with Gasteiger partial charge in [-0.25, -0.2) is 0 Å². The number of benzene rings is 1. The van der Waals surface area contributed by atoms with Crippen LogP contribution in [-0.2, 0) is 4.79 Å². The number of carbonyl (C=O) groups is 1. The minimum atomic E-state index is 0.166. The molecule has 2 rings (SSSR count). The number of likely N-dealkylation sites (tertiary alicyclic amines) is 1. The van der Waals surface area contributed by atoms with Crippen LogP contribution in [0.15, 0.2) is 29.2 Å². The zero-order valence-electron chi connectivity index (χ0n) is 11.0. The highest BCUT2D eigenvalue weighted by atomic mass is 32.2. The molecular weight excluding hydrogens is 244 g/mol. The van der Waals surface area contributed by atoms with Gasteiger partial charge in [-0.2, -0.15) is 0 Å². The Kier molecular flexibility index (Phi) is 4.66. The highest BCUT2D eigenvalue weighted by molar-refractivity contribution is 7.98. The van der Waals surface area contributed by atoms with Gasteiger partial charge in [-0.05, 0) is 57.4 Å². The molecule has 0 radical (unpaired) electrons. The van der Waals surface area contributed by atoms with Gasteiger partial charge in [-0.15, -0.1) is 11.8 Å². The summed E-state index contributed by atoms with van der Waals surface area (Å²) < 4.78 is 0. The molecular formula is C14H20N2OS. The Morgan fingerprint density at radius 3 is 2.78 bits per heavy atom. The molecule has 1 N–H and O–H groups in total. The van der Waals surface area contributed by atoms with E-state index in [0.717, 1.165) is 31.6 Å². The Morgan fingerprint density at radius 1 is 1.39 bits per heavy atom. The van der Waals surface area contributed by atoms with Crippen LogP contribution in [0.1, 0.15) is 12.8 Å². The highest BCUT2D eigenvalue weighted by Crippen LogP contribution is 2.21. The first-order valence-corrected chi connectivity index (χ1v) is 7.55. The average Bonchev–Trinajstić information content (AvgIpc) is 2.39. The van der Waals surface area contributed by atoms with Crippen LogP contribution in [0.3, 0.4) is 0 Å². The van der Waals surface area contributed by atoms with E-state index in [2.05, 4.69) is 23.3 Å². The van der Waals surface area contributed by atoms with E-state index in [1.165, 1.54) is 4.90 Å². The Balaban J connectivity index is 1.94. The van der Waals surface area contributed by atoms with Gasteiger partial charge in [0.25, 0.3) is 0 Å². The number of nitrogens with one attached hydrogen (secondary N) is 1. The molecule has 1 fully saturated rings. The number of hydrogen-bond acceptors (Lipinski definition) is 3. The van der Waals surface area contributed by atoms with Crippen LogP contribution >= 0.6 is 11.8 Å². The Morgan fingerprint density at radius 2 is 2.11 bits per heavy atom. The Labute approximate surface area is 113 Å². The number of thioether (sulfide) groups is 1. The molecule has 4 heteroatoms. The molecule has 1 aliphatic heterocycles. The summed E-state index contributed by atoms with van der Waals surface area (Å²) in [6, 6.07) is 8.01. The number of amides is 1. The molecule has 0 bridgehead atoms. The van der Waals surface area contributed by atoms with E-state index in [9.17, 15) is 4.79 Å². The number of anilines is 1. The molecule has 18 heavy (non-hydrogen) atoms. The lowest BCUT2D eigenvalue weighted by molar-refractivity contribution is -0.121. The van der Waals surface area contributed by atoms with Gasteiger partial charge >= 0.3 is 0 Å². The number of hydrogen-bond donors (Lipinski definition) is 1. The molecule has 1 saturated heterocycles. The third kappa shape index (κ3) is 3.50. The quantitative estimate of drug-likeness (QED) is 0.852. The maximum absolute atomic E-state index is 12.1. The van der Waals surface area contributed by atoms with Gasteiger partial charge in [0.15, 0.2) is 0 Å². The summed E-state index contributed by atoms with van der Waals surface area (Å²) in [4.78, 5) is 15.6. The summed E-state index contributed by atoms with van der Waals surface area (Å²) in [5.41, 5.74) is 0.908. The lowest BCUT2D eigenvalue weighted by Gasteiger charge is -2.28. The van der Waals surface area contributed by atoms with E-state index in [1.54, 1.807) is 11.8 Å². The fourth-order valence-electron chi connectivity index (χ4n) is 2.22. The summed E-state index contributed by atoms with van der Waals surface area (Å²) in [6.07, 6.45) is 3.97. The van der Waals surface area contributed by atoms with Crippen molar-refractivity contribution in [1.29, 1.82) is 0 Å². The Bertz CT molecular complexity index is 414. The topological polar surface area (TPSA) is 32.3 Å². The molecule has 1 aromatic rings. The molecule has 1 amide bonds. The van der Waals surface area contributed by atoms with Crippen LogP contribution in [-0.4, -0.2) is 37.2 Å². The lowest BCUT2D eigenvalue weighted by atomic mass is 9.96. The lowest BCUT2D eigenvalue weighted by Crippen LogP contribution is -2.35. The average molecular weight is 264 g/mol. The summed E-state index contributed by atoms with van der Waals surface area (Å²) >= 11 is 1.69. The van der Waals surface area contributed by atoms with Crippen molar-refractivity contribution >= 4 is 23.4 Å². The van der Waals surface area contributed by atoms with Crippen molar-refractivity contribution in [3.05, 3.63) is 24.3 Å². The van der Waals surface area contributed by atoms with Gasteiger partial charge in [0.1, 0.15) is 0 Å². The van der Waals surface area contributed by atoms with Gasteiger partial charge in [-0.1, -0.05) is 6.07 Å². The second-order valence-electron chi connectivity index (χ2n) is 4.80. The maximum atomic E-state index is 12.1. The van der Waals surface area contributed by atoms with Gasteiger partial charge in [0.05, 0.1) is 0 Å². The first-order valence-electron chi connectivity index (χ1n) is 6.32. The number of nitrogens with zero attached hydrogens (tertiary/aromatic N) is 1. The molecule has 0 atom stereocenters. The fourth-order valence-corrected chi connectivity index (χ4v) is 2.68. The van der Waals surface area contributed by atoms with Crippen molar-refractivity contribution < 1.29 is 4.79 Å². The van der Waals surface area contributed by atoms with Crippen LogP contribution in [0.4, 0.5) is 5.69 Å². The second-order valence-corrected chi connectivity index (χ2v) is 5.68. The van der Waals surface area contributed by atoms with E-state index in [4.69, 9.17) is 0 Å². The molecule has 1 aromatic carbocycles.